The summed E-state index contributed by atoms with van der Waals surface area (Å²) < 4.78 is 0. The van der Waals surface area contributed by atoms with Gasteiger partial charge in [0, 0.05) is 12.1 Å². The van der Waals surface area contributed by atoms with Crippen molar-refractivity contribution in [1.29, 1.82) is 0 Å². The lowest BCUT2D eigenvalue weighted by Gasteiger charge is -2.13. The van der Waals surface area contributed by atoms with Gasteiger partial charge in [-0.15, -0.1) is 0 Å². The third kappa shape index (κ3) is 2.38. The van der Waals surface area contributed by atoms with E-state index < -0.39 is 0 Å². The van der Waals surface area contributed by atoms with Crippen LogP contribution < -0.4 is 5.32 Å². The van der Waals surface area contributed by atoms with E-state index in [9.17, 15) is 4.79 Å². The van der Waals surface area contributed by atoms with Crippen LogP contribution in [-0.2, 0) is 0 Å². The molecule has 2 aromatic rings. The molecule has 1 amide bonds. The average molecular weight is 274 g/mol. The molecule has 2 aromatic heterocycles. The van der Waals surface area contributed by atoms with Gasteiger partial charge in [0.15, 0.2) is 5.65 Å². The fraction of sp³-hybridized carbons (Fsp3) is 0.500. The maximum atomic E-state index is 12.2. The van der Waals surface area contributed by atoms with Crippen molar-refractivity contribution < 1.29 is 9.90 Å². The number of aromatic nitrogens is 3. The second-order valence-corrected chi connectivity index (χ2v) is 5.23. The SMILES string of the molecule is CC[C@H](CO)NC(=O)c1c[nH]c2ncc(C3CC3)nc12. The van der Waals surface area contributed by atoms with Crippen molar-refractivity contribution >= 4 is 17.1 Å². The maximum Gasteiger partial charge on any atom is 0.255 e. The average Bonchev–Trinajstić information content (AvgIpc) is 3.23. The molecule has 6 heteroatoms. The molecular formula is C14H18N4O2. The number of carbonyl (C=O) groups is 1. The largest absolute Gasteiger partial charge is 0.394 e. The molecule has 0 radical (unpaired) electrons. The number of rotatable bonds is 5. The Balaban J connectivity index is 1.90. The van der Waals surface area contributed by atoms with E-state index in [2.05, 4.69) is 20.3 Å². The Morgan fingerprint density at radius 2 is 2.40 bits per heavy atom. The number of hydrogen-bond acceptors (Lipinski definition) is 4. The number of fused-ring (bicyclic) bond motifs is 1. The van der Waals surface area contributed by atoms with Crippen LogP contribution in [0, 0.1) is 0 Å². The zero-order valence-corrected chi connectivity index (χ0v) is 11.4. The molecule has 0 bridgehead atoms. The summed E-state index contributed by atoms with van der Waals surface area (Å²) in [5.74, 6) is 0.276. The summed E-state index contributed by atoms with van der Waals surface area (Å²) in [6, 6.07) is -0.230. The molecule has 1 atom stereocenters. The first-order chi connectivity index (χ1) is 9.72. The third-order valence-electron chi connectivity index (χ3n) is 3.69. The van der Waals surface area contributed by atoms with Crippen LogP contribution >= 0.6 is 0 Å². The fourth-order valence-corrected chi connectivity index (χ4v) is 2.19. The van der Waals surface area contributed by atoms with Gasteiger partial charge in [-0.05, 0) is 19.3 Å². The zero-order chi connectivity index (χ0) is 14.1. The predicted octanol–water partition coefficient (Wildman–Crippen LogP) is 1.34. The fourth-order valence-electron chi connectivity index (χ4n) is 2.19. The third-order valence-corrected chi connectivity index (χ3v) is 3.69. The molecule has 0 aliphatic heterocycles. The first-order valence-corrected chi connectivity index (χ1v) is 6.98. The van der Waals surface area contributed by atoms with Gasteiger partial charge < -0.3 is 15.4 Å². The summed E-state index contributed by atoms with van der Waals surface area (Å²) in [6.45, 7) is 1.85. The number of carbonyl (C=O) groups excluding carboxylic acids is 1. The van der Waals surface area contributed by atoms with Crippen LogP contribution in [0.4, 0.5) is 0 Å². The Kier molecular flexibility index (Phi) is 3.40. The molecule has 3 rings (SSSR count). The molecule has 3 N–H and O–H groups in total. The highest BCUT2D eigenvalue weighted by Crippen LogP contribution is 2.39. The van der Waals surface area contributed by atoms with Gasteiger partial charge in [0.1, 0.15) is 5.52 Å². The molecule has 2 heterocycles. The van der Waals surface area contributed by atoms with Crippen molar-refractivity contribution in [3.05, 3.63) is 23.7 Å². The Morgan fingerprint density at radius 1 is 1.60 bits per heavy atom. The molecule has 106 valence electrons. The highest BCUT2D eigenvalue weighted by molar-refractivity contribution is 6.04. The van der Waals surface area contributed by atoms with Crippen molar-refractivity contribution in [2.24, 2.45) is 0 Å². The minimum atomic E-state index is -0.230. The van der Waals surface area contributed by atoms with E-state index in [0.717, 1.165) is 18.5 Å². The quantitative estimate of drug-likeness (QED) is 0.767. The molecule has 20 heavy (non-hydrogen) atoms. The highest BCUT2D eigenvalue weighted by Gasteiger charge is 2.26. The summed E-state index contributed by atoms with van der Waals surface area (Å²) in [4.78, 5) is 24.1. The van der Waals surface area contributed by atoms with Gasteiger partial charge in [-0.2, -0.15) is 0 Å². The van der Waals surface area contributed by atoms with Gasteiger partial charge in [-0.3, -0.25) is 4.79 Å². The number of aliphatic hydroxyl groups is 1. The van der Waals surface area contributed by atoms with E-state index in [-0.39, 0.29) is 18.6 Å². The number of H-pyrrole nitrogens is 1. The summed E-state index contributed by atoms with van der Waals surface area (Å²) in [5.41, 5.74) is 2.68. The molecule has 0 aromatic carbocycles. The van der Waals surface area contributed by atoms with Crippen molar-refractivity contribution in [2.75, 3.05) is 6.61 Å². The van der Waals surface area contributed by atoms with Gasteiger partial charge in [-0.1, -0.05) is 6.92 Å². The Hall–Kier alpha value is -1.95. The minimum absolute atomic E-state index is 0.0659. The van der Waals surface area contributed by atoms with Crippen molar-refractivity contribution in [3.8, 4) is 0 Å². The van der Waals surface area contributed by atoms with Crippen molar-refractivity contribution in [1.82, 2.24) is 20.3 Å². The number of nitrogens with zero attached hydrogens (tertiary/aromatic N) is 2. The van der Waals surface area contributed by atoms with Crippen molar-refractivity contribution in [3.63, 3.8) is 0 Å². The maximum absolute atomic E-state index is 12.2. The van der Waals surface area contributed by atoms with Crippen LogP contribution in [0.25, 0.3) is 11.2 Å². The molecule has 1 aliphatic rings. The van der Waals surface area contributed by atoms with Crippen LogP contribution in [0.3, 0.4) is 0 Å². The van der Waals surface area contributed by atoms with E-state index >= 15 is 0 Å². The Bertz CT molecular complexity index is 629. The molecule has 0 saturated heterocycles. The van der Waals surface area contributed by atoms with E-state index in [1.165, 1.54) is 0 Å². The summed E-state index contributed by atoms with van der Waals surface area (Å²) in [7, 11) is 0. The van der Waals surface area contributed by atoms with E-state index in [4.69, 9.17) is 5.11 Å². The van der Waals surface area contributed by atoms with Crippen LogP contribution in [0.1, 0.15) is 48.2 Å². The summed E-state index contributed by atoms with van der Waals surface area (Å²) in [5, 5.41) is 12.0. The first-order valence-electron chi connectivity index (χ1n) is 6.98. The minimum Gasteiger partial charge on any atom is -0.394 e. The van der Waals surface area contributed by atoms with Gasteiger partial charge in [0.05, 0.1) is 30.1 Å². The van der Waals surface area contributed by atoms with Gasteiger partial charge in [0.25, 0.3) is 5.91 Å². The molecule has 0 unspecified atom stereocenters. The Labute approximate surface area is 116 Å². The highest BCUT2D eigenvalue weighted by atomic mass is 16.3. The zero-order valence-electron chi connectivity index (χ0n) is 11.4. The molecule has 6 nitrogen and oxygen atoms in total. The number of amides is 1. The van der Waals surface area contributed by atoms with Gasteiger partial charge >= 0.3 is 0 Å². The lowest BCUT2D eigenvalue weighted by Crippen LogP contribution is -2.36. The van der Waals surface area contributed by atoms with Crippen LogP contribution in [-0.4, -0.2) is 38.6 Å². The van der Waals surface area contributed by atoms with E-state index in [0.29, 0.717) is 29.1 Å². The molecule has 1 fully saturated rings. The number of aromatic amines is 1. The topological polar surface area (TPSA) is 90.9 Å². The Morgan fingerprint density at radius 3 is 3.05 bits per heavy atom. The van der Waals surface area contributed by atoms with Crippen molar-refractivity contribution in [2.45, 2.75) is 38.1 Å². The summed E-state index contributed by atoms with van der Waals surface area (Å²) >= 11 is 0. The molecule has 0 spiro atoms. The van der Waals surface area contributed by atoms with Gasteiger partial charge in [-0.25, -0.2) is 9.97 Å². The second kappa shape index (κ2) is 5.20. The van der Waals surface area contributed by atoms with Crippen LogP contribution in [0.5, 0.6) is 0 Å². The predicted molar refractivity (Wildman–Crippen MR) is 74.5 cm³/mol. The van der Waals surface area contributed by atoms with E-state index in [1.54, 1.807) is 12.4 Å². The number of aliphatic hydroxyl groups excluding tert-OH is 1. The lowest BCUT2D eigenvalue weighted by atomic mass is 10.2. The van der Waals surface area contributed by atoms with Crippen LogP contribution in [0.15, 0.2) is 12.4 Å². The molecular weight excluding hydrogens is 256 g/mol. The monoisotopic (exact) mass is 274 g/mol. The number of hydrogen-bond donors (Lipinski definition) is 3. The normalized spacial score (nSPS) is 16.3. The summed E-state index contributed by atoms with van der Waals surface area (Å²) in [6.07, 6.45) is 6.38. The van der Waals surface area contributed by atoms with E-state index in [1.807, 2.05) is 6.92 Å². The smallest absolute Gasteiger partial charge is 0.255 e. The number of nitrogens with one attached hydrogen (secondary N) is 2. The van der Waals surface area contributed by atoms with Crippen LogP contribution in [0.2, 0.25) is 0 Å². The molecule has 1 aliphatic carbocycles. The standard InChI is InChI=1S/C14H18N4O2/c1-2-9(7-19)17-14(20)10-5-15-13-12(10)18-11(6-16-13)8-3-4-8/h5-6,8-9,19H,2-4,7H2,1H3,(H,15,16)(H,17,20)/t9-/m1/s1. The first kappa shape index (κ1) is 13.1. The lowest BCUT2D eigenvalue weighted by molar-refractivity contribution is 0.0916. The second-order valence-electron chi connectivity index (χ2n) is 5.23. The molecule has 1 saturated carbocycles. The van der Waals surface area contributed by atoms with Gasteiger partial charge in [0.2, 0.25) is 0 Å².